The highest BCUT2D eigenvalue weighted by molar-refractivity contribution is 5.41. The number of aromatic hydroxyl groups is 1. The third-order valence-corrected chi connectivity index (χ3v) is 3.15. The quantitative estimate of drug-likeness (QED) is 0.895. The van der Waals surface area contributed by atoms with Crippen molar-refractivity contribution in [1.82, 2.24) is 9.78 Å². The maximum Gasteiger partial charge on any atom is 0.217 e. The van der Waals surface area contributed by atoms with Crippen molar-refractivity contribution in [2.24, 2.45) is 0 Å². The first-order valence-corrected chi connectivity index (χ1v) is 6.54. The molecule has 0 atom stereocenters. The van der Waals surface area contributed by atoms with E-state index in [0.717, 1.165) is 36.2 Å². The summed E-state index contributed by atoms with van der Waals surface area (Å²) in [7, 11) is 0. The van der Waals surface area contributed by atoms with Gasteiger partial charge >= 0.3 is 0 Å². The number of benzene rings is 1. The largest absolute Gasteiger partial charge is 0.493 e. The fourth-order valence-electron chi connectivity index (χ4n) is 2.14. The van der Waals surface area contributed by atoms with Crippen LogP contribution in [0.5, 0.6) is 5.88 Å². The fourth-order valence-corrected chi connectivity index (χ4v) is 2.14. The van der Waals surface area contributed by atoms with Gasteiger partial charge in [0.2, 0.25) is 5.88 Å². The van der Waals surface area contributed by atoms with E-state index in [1.54, 1.807) is 4.68 Å². The molecular formula is C15H20N2O. The van der Waals surface area contributed by atoms with Crippen molar-refractivity contribution in [2.45, 2.75) is 40.0 Å². The zero-order chi connectivity index (χ0) is 13.1. The minimum absolute atomic E-state index is 0.289. The lowest BCUT2D eigenvalue weighted by molar-refractivity contribution is 0.427. The summed E-state index contributed by atoms with van der Waals surface area (Å²) < 4.78 is 1.64. The van der Waals surface area contributed by atoms with Crippen LogP contribution in [0, 0.1) is 6.92 Å². The minimum Gasteiger partial charge on any atom is -0.493 e. The Morgan fingerprint density at radius 2 is 1.83 bits per heavy atom. The van der Waals surface area contributed by atoms with Gasteiger partial charge in [0.25, 0.3) is 0 Å². The molecule has 0 aliphatic heterocycles. The number of hydrogen-bond donors (Lipinski definition) is 1. The van der Waals surface area contributed by atoms with Gasteiger partial charge in [-0.15, -0.1) is 0 Å². The molecule has 0 saturated heterocycles. The van der Waals surface area contributed by atoms with E-state index >= 15 is 0 Å². The van der Waals surface area contributed by atoms with Crippen LogP contribution < -0.4 is 0 Å². The topological polar surface area (TPSA) is 38.0 Å². The summed E-state index contributed by atoms with van der Waals surface area (Å²) in [4.78, 5) is 0. The highest BCUT2D eigenvalue weighted by atomic mass is 16.3. The first kappa shape index (κ1) is 12.7. The van der Waals surface area contributed by atoms with Crippen LogP contribution in [0.25, 0.3) is 5.69 Å². The second-order valence-electron chi connectivity index (χ2n) is 4.60. The predicted octanol–water partition coefficient (Wildman–Crippen LogP) is 3.40. The van der Waals surface area contributed by atoms with Gasteiger partial charge in [0.15, 0.2) is 0 Å². The molecule has 3 heteroatoms. The smallest absolute Gasteiger partial charge is 0.217 e. The van der Waals surface area contributed by atoms with E-state index in [0.29, 0.717) is 0 Å². The summed E-state index contributed by atoms with van der Waals surface area (Å²) >= 11 is 0. The van der Waals surface area contributed by atoms with Crippen molar-refractivity contribution < 1.29 is 5.11 Å². The lowest BCUT2D eigenvalue weighted by Gasteiger charge is -2.04. The zero-order valence-corrected chi connectivity index (χ0v) is 11.3. The predicted molar refractivity (Wildman–Crippen MR) is 73.3 cm³/mol. The average molecular weight is 244 g/mol. The molecule has 0 amide bonds. The van der Waals surface area contributed by atoms with Crippen LogP contribution in [-0.2, 0) is 12.8 Å². The lowest BCUT2D eigenvalue weighted by atomic mass is 10.1. The van der Waals surface area contributed by atoms with Gasteiger partial charge in [-0.25, -0.2) is 4.68 Å². The molecule has 0 aliphatic rings. The molecule has 0 saturated carbocycles. The van der Waals surface area contributed by atoms with Crippen molar-refractivity contribution in [3.05, 3.63) is 41.1 Å². The van der Waals surface area contributed by atoms with Crippen molar-refractivity contribution in [3.8, 4) is 11.6 Å². The molecule has 2 aromatic rings. The van der Waals surface area contributed by atoms with Crippen LogP contribution in [0.4, 0.5) is 0 Å². The number of rotatable bonds is 4. The van der Waals surface area contributed by atoms with Crippen molar-refractivity contribution in [1.29, 1.82) is 0 Å². The van der Waals surface area contributed by atoms with E-state index < -0.39 is 0 Å². The first-order chi connectivity index (χ1) is 8.67. The van der Waals surface area contributed by atoms with Crippen LogP contribution in [0.15, 0.2) is 24.3 Å². The van der Waals surface area contributed by atoms with Crippen molar-refractivity contribution in [3.63, 3.8) is 0 Å². The molecule has 18 heavy (non-hydrogen) atoms. The molecule has 96 valence electrons. The molecule has 1 aromatic carbocycles. The highest BCUT2D eigenvalue weighted by Crippen LogP contribution is 2.26. The summed E-state index contributed by atoms with van der Waals surface area (Å²) in [6.45, 7) is 6.23. The Morgan fingerprint density at radius 3 is 2.39 bits per heavy atom. The summed E-state index contributed by atoms with van der Waals surface area (Å²) in [6.07, 6.45) is 2.74. The molecule has 1 heterocycles. The van der Waals surface area contributed by atoms with E-state index in [1.807, 2.05) is 31.2 Å². The molecule has 0 radical (unpaired) electrons. The average Bonchev–Trinajstić information content (AvgIpc) is 2.69. The summed E-state index contributed by atoms with van der Waals surface area (Å²) in [5.74, 6) is 0.289. The van der Waals surface area contributed by atoms with Gasteiger partial charge < -0.3 is 5.11 Å². The van der Waals surface area contributed by atoms with E-state index in [2.05, 4.69) is 18.9 Å². The van der Waals surface area contributed by atoms with E-state index in [1.165, 1.54) is 5.56 Å². The molecule has 0 unspecified atom stereocenters. The Hall–Kier alpha value is -1.77. The molecule has 0 spiro atoms. The number of hydrogen-bond acceptors (Lipinski definition) is 2. The van der Waals surface area contributed by atoms with Gasteiger partial charge in [-0.1, -0.05) is 38.0 Å². The minimum atomic E-state index is 0.289. The summed E-state index contributed by atoms with van der Waals surface area (Å²) in [6, 6.07) is 8.03. The molecular weight excluding hydrogens is 224 g/mol. The van der Waals surface area contributed by atoms with Crippen LogP contribution in [0.2, 0.25) is 0 Å². The van der Waals surface area contributed by atoms with Crippen molar-refractivity contribution in [2.75, 3.05) is 0 Å². The van der Waals surface area contributed by atoms with E-state index in [9.17, 15) is 5.11 Å². The first-order valence-electron chi connectivity index (χ1n) is 6.54. The lowest BCUT2D eigenvalue weighted by Crippen LogP contribution is -1.96. The van der Waals surface area contributed by atoms with Gasteiger partial charge in [-0.2, -0.15) is 5.10 Å². The molecule has 2 rings (SSSR count). The van der Waals surface area contributed by atoms with Crippen LogP contribution in [0.3, 0.4) is 0 Å². The van der Waals surface area contributed by atoms with Gasteiger partial charge in [0.05, 0.1) is 11.4 Å². The molecule has 1 aromatic heterocycles. The Labute approximate surface area is 108 Å². The Kier molecular flexibility index (Phi) is 3.70. The SMILES string of the molecule is CCCc1c(CC)nn(-c2ccc(C)cc2)c1O. The van der Waals surface area contributed by atoms with E-state index in [-0.39, 0.29) is 5.88 Å². The zero-order valence-electron chi connectivity index (χ0n) is 11.3. The molecule has 1 N–H and O–H groups in total. The Bertz CT molecular complexity index is 526. The normalized spacial score (nSPS) is 10.8. The Morgan fingerprint density at radius 1 is 1.17 bits per heavy atom. The third-order valence-electron chi connectivity index (χ3n) is 3.15. The standard InChI is InChI=1S/C15H20N2O/c1-4-6-13-14(5-2)16-17(15(13)18)12-9-7-11(3)8-10-12/h7-10,18H,4-6H2,1-3H3. The number of aromatic nitrogens is 2. The number of nitrogens with zero attached hydrogens (tertiary/aromatic N) is 2. The highest BCUT2D eigenvalue weighted by Gasteiger charge is 2.16. The van der Waals surface area contributed by atoms with E-state index in [4.69, 9.17) is 0 Å². The second-order valence-corrected chi connectivity index (χ2v) is 4.60. The van der Waals surface area contributed by atoms with Gasteiger partial charge in [0.1, 0.15) is 0 Å². The van der Waals surface area contributed by atoms with Crippen LogP contribution >= 0.6 is 0 Å². The van der Waals surface area contributed by atoms with Crippen LogP contribution in [0.1, 0.15) is 37.1 Å². The molecule has 0 bridgehead atoms. The van der Waals surface area contributed by atoms with Gasteiger partial charge in [-0.3, -0.25) is 0 Å². The molecule has 3 nitrogen and oxygen atoms in total. The molecule has 0 fully saturated rings. The Balaban J connectivity index is 2.48. The van der Waals surface area contributed by atoms with Crippen molar-refractivity contribution >= 4 is 0 Å². The second kappa shape index (κ2) is 5.25. The summed E-state index contributed by atoms with van der Waals surface area (Å²) in [5, 5.41) is 14.8. The maximum absolute atomic E-state index is 10.3. The van der Waals surface area contributed by atoms with Gasteiger partial charge in [0, 0.05) is 5.56 Å². The molecule has 0 aliphatic carbocycles. The summed E-state index contributed by atoms with van der Waals surface area (Å²) in [5.41, 5.74) is 4.10. The maximum atomic E-state index is 10.3. The number of aryl methyl sites for hydroxylation is 2. The van der Waals surface area contributed by atoms with Gasteiger partial charge in [-0.05, 0) is 31.9 Å². The fraction of sp³-hybridized carbons (Fsp3) is 0.400. The van der Waals surface area contributed by atoms with Crippen LogP contribution in [-0.4, -0.2) is 14.9 Å². The third kappa shape index (κ3) is 2.26. The monoisotopic (exact) mass is 244 g/mol.